The van der Waals surface area contributed by atoms with E-state index in [1.165, 1.54) is 0 Å². The monoisotopic (exact) mass is 160 g/mol. The first-order valence-electron chi connectivity index (χ1n) is 3.47. The fourth-order valence-corrected chi connectivity index (χ4v) is 0.870. The Morgan fingerprint density at radius 1 is 1.42 bits per heavy atom. The molecule has 0 radical (unpaired) electrons. The van der Waals surface area contributed by atoms with E-state index in [1.807, 2.05) is 26.0 Å². The second kappa shape index (κ2) is 2.67. The zero-order chi connectivity index (χ0) is 9.19. The van der Waals surface area contributed by atoms with Gasteiger partial charge >= 0.3 is 0 Å². The van der Waals surface area contributed by atoms with Gasteiger partial charge in [0.1, 0.15) is 12.1 Å². The van der Waals surface area contributed by atoms with Gasteiger partial charge in [0.15, 0.2) is 11.4 Å². The van der Waals surface area contributed by atoms with E-state index in [0.29, 0.717) is 0 Å². The molecule has 0 aromatic heterocycles. The summed E-state index contributed by atoms with van der Waals surface area (Å²) in [6.45, 7) is 3.75. The molecule has 0 atom stereocenters. The minimum atomic E-state index is -0.342. The van der Waals surface area contributed by atoms with Gasteiger partial charge in [-0.05, 0) is 13.8 Å². The summed E-state index contributed by atoms with van der Waals surface area (Å²) in [4.78, 5) is 3.86. The van der Waals surface area contributed by atoms with Gasteiger partial charge in [-0.1, -0.05) is 0 Å². The maximum Gasteiger partial charge on any atom is 0.174 e. The number of nitrogens with one attached hydrogen (secondary N) is 1. The van der Waals surface area contributed by atoms with Crippen molar-refractivity contribution < 1.29 is 0 Å². The van der Waals surface area contributed by atoms with Gasteiger partial charge in [0.25, 0.3) is 0 Å². The molecule has 1 aliphatic rings. The number of hydrogen-bond acceptors (Lipinski definition) is 4. The van der Waals surface area contributed by atoms with E-state index in [1.54, 1.807) is 6.21 Å². The SMILES string of the molecule is CC1(C)C=NC(C#N)=C(C#N)N1. The molecule has 1 rings (SSSR count). The first kappa shape index (κ1) is 8.29. The smallest absolute Gasteiger partial charge is 0.174 e. The average molecular weight is 160 g/mol. The van der Waals surface area contributed by atoms with Crippen molar-refractivity contribution in [1.82, 2.24) is 5.32 Å². The molecule has 0 amide bonds. The van der Waals surface area contributed by atoms with Gasteiger partial charge in [0, 0.05) is 6.21 Å². The largest absolute Gasteiger partial charge is 0.364 e. The summed E-state index contributed by atoms with van der Waals surface area (Å²) in [5, 5.41) is 20.1. The van der Waals surface area contributed by atoms with Crippen LogP contribution in [0, 0.1) is 22.7 Å². The van der Waals surface area contributed by atoms with Gasteiger partial charge in [-0.25, -0.2) is 4.99 Å². The summed E-state index contributed by atoms with van der Waals surface area (Å²) in [5.74, 6) is 0. The number of hydrogen-bond donors (Lipinski definition) is 1. The Labute approximate surface area is 70.8 Å². The van der Waals surface area contributed by atoms with Crippen LogP contribution in [0.1, 0.15) is 13.8 Å². The third-order valence-corrected chi connectivity index (χ3v) is 1.42. The molecule has 60 valence electrons. The van der Waals surface area contributed by atoms with Crippen LogP contribution in [-0.4, -0.2) is 11.8 Å². The van der Waals surface area contributed by atoms with Gasteiger partial charge < -0.3 is 5.32 Å². The zero-order valence-electron chi connectivity index (χ0n) is 6.92. The van der Waals surface area contributed by atoms with Crippen LogP contribution in [0.4, 0.5) is 0 Å². The normalized spacial score (nSPS) is 19.3. The van der Waals surface area contributed by atoms with Crippen molar-refractivity contribution >= 4 is 6.21 Å². The van der Waals surface area contributed by atoms with Gasteiger partial charge in [0.2, 0.25) is 0 Å². The van der Waals surface area contributed by atoms with Crippen molar-refractivity contribution in [3.05, 3.63) is 11.4 Å². The summed E-state index contributed by atoms with van der Waals surface area (Å²) in [6, 6.07) is 3.73. The zero-order valence-corrected chi connectivity index (χ0v) is 6.92. The molecule has 4 nitrogen and oxygen atoms in total. The number of aliphatic imine (C=N–C) groups is 1. The molecule has 0 unspecified atom stereocenters. The first-order chi connectivity index (χ1) is 5.59. The lowest BCUT2D eigenvalue weighted by Gasteiger charge is -2.24. The highest BCUT2D eigenvalue weighted by molar-refractivity contribution is 5.74. The van der Waals surface area contributed by atoms with Gasteiger partial charge in [-0.2, -0.15) is 10.5 Å². The van der Waals surface area contributed by atoms with Gasteiger partial charge in [-0.3, -0.25) is 0 Å². The lowest BCUT2D eigenvalue weighted by molar-refractivity contribution is 0.576. The summed E-state index contributed by atoms with van der Waals surface area (Å²) < 4.78 is 0. The first-order valence-corrected chi connectivity index (χ1v) is 3.47. The van der Waals surface area contributed by atoms with Crippen LogP contribution in [0.25, 0.3) is 0 Å². The summed E-state index contributed by atoms with van der Waals surface area (Å²) in [6.07, 6.45) is 1.62. The molecule has 0 aliphatic carbocycles. The number of rotatable bonds is 0. The number of nitrogens with zero attached hydrogens (tertiary/aromatic N) is 3. The molecule has 12 heavy (non-hydrogen) atoms. The van der Waals surface area contributed by atoms with E-state index >= 15 is 0 Å². The number of allylic oxidation sites excluding steroid dienone is 2. The topological polar surface area (TPSA) is 72.0 Å². The maximum atomic E-state index is 8.63. The Bertz CT molecular complexity index is 335. The van der Waals surface area contributed by atoms with Crippen molar-refractivity contribution in [2.75, 3.05) is 0 Å². The van der Waals surface area contributed by atoms with E-state index in [9.17, 15) is 0 Å². The summed E-state index contributed by atoms with van der Waals surface area (Å²) in [5.41, 5.74) is 0.0487. The minimum absolute atomic E-state index is 0.150. The van der Waals surface area contributed by atoms with Crippen molar-refractivity contribution in [2.45, 2.75) is 19.4 Å². The number of nitriles is 2. The minimum Gasteiger partial charge on any atom is -0.364 e. The molecular weight excluding hydrogens is 152 g/mol. The van der Waals surface area contributed by atoms with Crippen LogP contribution in [-0.2, 0) is 0 Å². The third-order valence-electron chi connectivity index (χ3n) is 1.42. The molecule has 0 saturated carbocycles. The van der Waals surface area contributed by atoms with Crippen LogP contribution in [0.15, 0.2) is 16.4 Å². The summed E-state index contributed by atoms with van der Waals surface area (Å²) >= 11 is 0. The van der Waals surface area contributed by atoms with Crippen molar-refractivity contribution in [2.24, 2.45) is 4.99 Å². The third kappa shape index (κ3) is 1.43. The molecular formula is C8H8N4. The lowest BCUT2D eigenvalue weighted by Crippen LogP contribution is -2.42. The van der Waals surface area contributed by atoms with Crippen molar-refractivity contribution in [3.63, 3.8) is 0 Å². The maximum absolute atomic E-state index is 8.63. The molecule has 0 spiro atoms. The van der Waals surface area contributed by atoms with Crippen molar-refractivity contribution in [3.8, 4) is 12.1 Å². The lowest BCUT2D eigenvalue weighted by atomic mass is 10.1. The molecule has 4 heteroatoms. The quantitative estimate of drug-likeness (QED) is 0.566. The van der Waals surface area contributed by atoms with E-state index in [-0.39, 0.29) is 16.9 Å². The molecule has 1 aliphatic heterocycles. The Morgan fingerprint density at radius 2 is 2.08 bits per heavy atom. The standard InChI is InChI=1S/C8H8N4/c1-8(2)5-11-6(3-9)7(4-10)12-8/h5,12H,1-2H3. The highest BCUT2D eigenvalue weighted by atomic mass is 15.0. The van der Waals surface area contributed by atoms with E-state index in [4.69, 9.17) is 10.5 Å². The second-order valence-corrected chi connectivity index (χ2v) is 3.05. The second-order valence-electron chi connectivity index (χ2n) is 3.05. The highest BCUT2D eigenvalue weighted by Gasteiger charge is 2.22. The Kier molecular flexibility index (Phi) is 1.85. The predicted octanol–water partition coefficient (Wildman–Crippen LogP) is 0.698. The van der Waals surface area contributed by atoms with Crippen LogP contribution >= 0.6 is 0 Å². The van der Waals surface area contributed by atoms with E-state index in [2.05, 4.69) is 10.3 Å². The Morgan fingerprint density at radius 3 is 2.58 bits per heavy atom. The molecule has 0 bridgehead atoms. The molecule has 1 heterocycles. The van der Waals surface area contributed by atoms with E-state index < -0.39 is 0 Å². The van der Waals surface area contributed by atoms with Crippen molar-refractivity contribution in [1.29, 1.82) is 10.5 Å². The van der Waals surface area contributed by atoms with Crippen LogP contribution in [0.5, 0.6) is 0 Å². The fraction of sp³-hybridized carbons (Fsp3) is 0.375. The molecule has 0 saturated heterocycles. The van der Waals surface area contributed by atoms with Crippen LogP contribution < -0.4 is 5.32 Å². The van der Waals surface area contributed by atoms with E-state index in [0.717, 1.165) is 0 Å². The van der Waals surface area contributed by atoms with Crippen LogP contribution in [0.2, 0.25) is 0 Å². The van der Waals surface area contributed by atoms with Gasteiger partial charge in [0.05, 0.1) is 5.54 Å². The summed E-state index contributed by atoms with van der Waals surface area (Å²) in [7, 11) is 0. The predicted molar refractivity (Wildman–Crippen MR) is 44.0 cm³/mol. The molecule has 0 fully saturated rings. The molecule has 1 N–H and O–H groups in total. The van der Waals surface area contributed by atoms with Crippen LogP contribution in [0.3, 0.4) is 0 Å². The molecule has 0 aromatic rings. The Hall–Kier alpha value is -1.81. The Balaban J connectivity index is 3.07. The fourth-order valence-electron chi connectivity index (χ4n) is 0.870. The average Bonchev–Trinajstić information content (AvgIpc) is 2.03. The highest BCUT2D eigenvalue weighted by Crippen LogP contribution is 2.13. The van der Waals surface area contributed by atoms with Gasteiger partial charge in [-0.15, -0.1) is 0 Å². The molecule has 0 aromatic carbocycles.